The molecule has 0 amide bonds. The maximum Gasteiger partial charge on any atom is 0.0465 e. The van der Waals surface area contributed by atoms with Gasteiger partial charge in [-0.2, -0.15) is 0 Å². The molecule has 5 aromatic rings. The normalized spacial score (nSPS) is 13.7. The molecule has 43 heavy (non-hydrogen) atoms. The van der Waals surface area contributed by atoms with E-state index in [4.69, 9.17) is 0 Å². The molecule has 1 nitrogen and oxygen atoms in total. The van der Waals surface area contributed by atoms with Gasteiger partial charge in [0.05, 0.1) is 0 Å². The Bertz CT molecular complexity index is 1570. The maximum absolute atomic E-state index is 2.42. The highest BCUT2D eigenvalue weighted by Gasteiger charge is 2.37. The van der Waals surface area contributed by atoms with Gasteiger partial charge in [-0.05, 0) is 80.9 Å². The highest BCUT2D eigenvalue weighted by Crippen LogP contribution is 2.52. The lowest BCUT2D eigenvalue weighted by Crippen LogP contribution is -2.18. The topological polar surface area (TPSA) is 3.24 Å². The largest absolute Gasteiger partial charge is 0.310 e. The highest BCUT2D eigenvalue weighted by atomic mass is 15.1. The lowest BCUT2D eigenvalue weighted by atomic mass is 9.82. The highest BCUT2D eigenvalue weighted by molar-refractivity contribution is 5.88. The minimum atomic E-state index is -0.0358. The summed E-state index contributed by atoms with van der Waals surface area (Å²) in [6.45, 7) is 21.4. The number of rotatable bonds is 3. The van der Waals surface area contributed by atoms with Crippen molar-refractivity contribution < 1.29 is 0 Å². The van der Waals surface area contributed by atoms with E-state index in [9.17, 15) is 0 Å². The van der Waals surface area contributed by atoms with Crippen LogP contribution in [0.2, 0.25) is 0 Å². The molecule has 2 aliphatic rings. The van der Waals surface area contributed by atoms with Gasteiger partial charge >= 0.3 is 0 Å². The van der Waals surface area contributed by atoms with E-state index < -0.39 is 0 Å². The number of benzene rings is 5. The molecular weight excluding hydrogens is 518 g/mol. The van der Waals surface area contributed by atoms with Crippen molar-refractivity contribution in [3.63, 3.8) is 0 Å². The van der Waals surface area contributed by atoms with Gasteiger partial charge in [0.1, 0.15) is 0 Å². The summed E-state index contributed by atoms with van der Waals surface area (Å²) in [5, 5.41) is 0. The van der Waals surface area contributed by atoms with Gasteiger partial charge in [-0.15, -0.1) is 0 Å². The number of fused-ring (bicyclic) bond motifs is 6. The van der Waals surface area contributed by atoms with E-state index in [1.807, 2.05) is 41.5 Å². The van der Waals surface area contributed by atoms with Gasteiger partial charge in [0, 0.05) is 27.9 Å². The van der Waals surface area contributed by atoms with Crippen LogP contribution in [0.3, 0.4) is 0 Å². The third-order valence-corrected chi connectivity index (χ3v) is 8.66. The predicted molar refractivity (Wildman–Crippen MR) is 190 cm³/mol. The molecule has 2 aliphatic carbocycles. The Morgan fingerprint density at radius 1 is 0.349 bits per heavy atom. The van der Waals surface area contributed by atoms with Crippen LogP contribution in [0.15, 0.2) is 115 Å². The first-order valence-corrected chi connectivity index (χ1v) is 16.2. The van der Waals surface area contributed by atoms with E-state index in [-0.39, 0.29) is 10.8 Å². The number of hydrogen-bond donors (Lipinski definition) is 0. The van der Waals surface area contributed by atoms with Gasteiger partial charge in [0.2, 0.25) is 0 Å². The smallest absolute Gasteiger partial charge is 0.0465 e. The van der Waals surface area contributed by atoms with Crippen LogP contribution >= 0.6 is 0 Å². The fourth-order valence-corrected chi connectivity index (χ4v) is 6.69. The molecule has 0 N–H and O–H groups in total. The molecule has 5 aromatic carbocycles. The molecule has 0 aromatic heterocycles. The van der Waals surface area contributed by atoms with Crippen molar-refractivity contribution in [2.24, 2.45) is 0 Å². The van der Waals surface area contributed by atoms with Gasteiger partial charge in [-0.1, -0.05) is 148 Å². The fraction of sp³-hybridized carbons (Fsp3) is 0.286. The third kappa shape index (κ3) is 5.31. The molecule has 222 valence electrons. The average molecular weight is 568 g/mol. The number of anilines is 3. The number of hydrogen-bond acceptors (Lipinski definition) is 1. The van der Waals surface area contributed by atoms with Crippen LogP contribution in [-0.4, -0.2) is 0 Å². The van der Waals surface area contributed by atoms with Crippen LogP contribution in [0.1, 0.15) is 91.5 Å². The zero-order chi connectivity index (χ0) is 31.4. The van der Waals surface area contributed by atoms with Crippen LogP contribution in [0.4, 0.5) is 17.1 Å². The molecule has 0 saturated heterocycles. The molecule has 0 fully saturated rings. The Hall–Kier alpha value is -4.10. The molecule has 7 rings (SSSR count). The Morgan fingerprint density at radius 3 is 1.12 bits per heavy atom. The van der Waals surface area contributed by atoms with E-state index in [1.165, 1.54) is 61.6 Å². The van der Waals surface area contributed by atoms with Crippen LogP contribution in [0.25, 0.3) is 22.3 Å². The Labute approximate surface area is 261 Å². The molecule has 0 radical (unpaired) electrons. The molecule has 0 atom stereocenters. The van der Waals surface area contributed by atoms with E-state index >= 15 is 0 Å². The second kappa shape index (κ2) is 13.0. The van der Waals surface area contributed by atoms with Gasteiger partial charge in [-0.3, -0.25) is 0 Å². The fourth-order valence-electron chi connectivity index (χ4n) is 6.69. The predicted octanol–water partition coefficient (Wildman–Crippen LogP) is 12.8. The van der Waals surface area contributed by atoms with Crippen molar-refractivity contribution in [1.82, 2.24) is 0 Å². The van der Waals surface area contributed by atoms with Crippen LogP contribution < -0.4 is 4.90 Å². The van der Waals surface area contributed by atoms with Crippen molar-refractivity contribution >= 4 is 17.1 Å². The average Bonchev–Trinajstić information content (AvgIpc) is 3.44. The zero-order valence-electron chi connectivity index (χ0n) is 27.9. The first kappa shape index (κ1) is 31.8. The molecule has 1 heteroatoms. The summed E-state index contributed by atoms with van der Waals surface area (Å²) in [5.74, 6) is 0. The second-order valence-corrected chi connectivity index (χ2v) is 11.5. The molecule has 0 heterocycles. The van der Waals surface area contributed by atoms with Gasteiger partial charge in [-0.25, -0.2) is 0 Å². The Kier molecular flexibility index (Phi) is 9.65. The lowest BCUT2D eigenvalue weighted by molar-refractivity contribution is 0.660. The molecule has 0 unspecified atom stereocenters. The lowest BCUT2D eigenvalue weighted by Gasteiger charge is -2.29. The van der Waals surface area contributed by atoms with Crippen molar-refractivity contribution in [3.8, 4) is 22.3 Å². The minimum Gasteiger partial charge on any atom is -0.310 e. The molecule has 0 aliphatic heterocycles. The van der Waals surface area contributed by atoms with E-state index in [2.05, 4.69) is 148 Å². The van der Waals surface area contributed by atoms with Gasteiger partial charge in [0.15, 0.2) is 0 Å². The van der Waals surface area contributed by atoms with E-state index in [0.717, 1.165) is 0 Å². The summed E-state index contributed by atoms with van der Waals surface area (Å²) >= 11 is 0. The third-order valence-electron chi connectivity index (χ3n) is 8.66. The van der Waals surface area contributed by atoms with Gasteiger partial charge < -0.3 is 4.90 Å². The Balaban J connectivity index is 0.000000666. The van der Waals surface area contributed by atoms with Crippen LogP contribution in [0, 0.1) is 0 Å². The van der Waals surface area contributed by atoms with Crippen molar-refractivity contribution in [3.05, 3.63) is 138 Å². The Morgan fingerprint density at radius 2 is 0.698 bits per heavy atom. The van der Waals surface area contributed by atoms with Crippen molar-refractivity contribution in [2.75, 3.05) is 4.90 Å². The number of nitrogens with zero attached hydrogens (tertiary/aromatic N) is 1. The second-order valence-electron chi connectivity index (χ2n) is 11.5. The van der Waals surface area contributed by atoms with Crippen molar-refractivity contribution in [2.45, 2.75) is 80.1 Å². The van der Waals surface area contributed by atoms with Gasteiger partial charge in [0.25, 0.3) is 0 Å². The van der Waals surface area contributed by atoms with Crippen LogP contribution in [0.5, 0.6) is 0 Å². The SMILES string of the molecule is CC.CC.CC.CC1(C)c2ccccc2-c2ccc(N(c3ccccc3)c3ccc4c(c3)C(C)(C)c3ccccc3-4)cc21. The summed E-state index contributed by atoms with van der Waals surface area (Å²) < 4.78 is 0. The maximum atomic E-state index is 2.42. The molecular formula is C42H49N. The summed E-state index contributed by atoms with van der Waals surface area (Å²) in [6.07, 6.45) is 0. The summed E-state index contributed by atoms with van der Waals surface area (Å²) in [7, 11) is 0. The van der Waals surface area contributed by atoms with Crippen molar-refractivity contribution in [1.29, 1.82) is 0 Å². The van der Waals surface area contributed by atoms with Crippen LogP contribution in [-0.2, 0) is 10.8 Å². The summed E-state index contributed by atoms with van der Waals surface area (Å²) in [5.41, 5.74) is 14.5. The first-order chi connectivity index (χ1) is 20.9. The monoisotopic (exact) mass is 567 g/mol. The first-order valence-electron chi connectivity index (χ1n) is 16.2. The minimum absolute atomic E-state index is 0.0358. The standard InChI is InChI=1S/C36H31N.3C2H6/c1-35(2)31-16-10-8-14-27(31)29-20-18-25(22-33(29)35)37(24-12-6-5-7-13-24)26-19-21-30-28-15-9-11-17-32(28)36(3,4)34(30)23-26;3*1-2/h5-23H,1-4H3;3*1-2H3. The summed E-state index contributed by atoms with van der Waals surface area (Å²) in [6, 6.07) is 42.5. The zero-order valence-corrected chi connectivity index (χ0v) is 27.9. The summed E-state index contributed by atoms with van der Waals surface area (Å²) in [4.78, 5) is 2.42. The van der Waals surface area contributed by atoms with E-state index in [0.29, 0.717) is 0 Å². The van der Waals surface area contributed by atoms with E-state index in [1.54, 1.807) is 0 Å². The molecule has 0 bridgehead atoms. The number of para-hydroxylation sites is 1. The molecule has 0 spiro atoms. The molecule has 0 saturated carbocycles. The quantitative estimate of drug-likeness (QED) is 0.210.